The molecule has 0 saturated heterocycles. The van der Waals surface area contributed by atoms with E-state index in [1.54, 1.807) is 24.2 Å². The smallest absolute Gasteiger partial charge is 0.407 e. The van der Waals surface area contributed by atoms with Gasteiger partial charge in [0, 0.05) is 29.6 Å². The average molecular weight is 289 g/mol. The number of aromatic nitrogens is 1. The molecular weight excluding hydrogens is 272 g/mol. The van der Waals surface area contributed by atoms with Crippen LogP contribution in [0.15, 0.2) is 23.4 Å². The van der Waals surface area contributed by atoms with Crippen molar-refractivity contribution < 1.29 is 9.53 Å². The molecule has 0 fully saturated rings. The summed E-state index contributed by atoms with van der Waals surface area (Å²) < 4.78 is 5.12. The van der Waals surface area contributed by atoms with Gasteiger partial charge in [0.1, 0.15) is 5.60 Å². The molecule has 0 aliphatic carbocycles. The molecule has 1 N–H and O–H groups in total. The minimum Gasteiger partial charge on any atom is -0.444 e. The highest BCUT2D eigenvalue weighted by atomic mass is 35.5. The van der Waals surface area contributed by atoms with Gasteiger partial charge in [-0.1, -0.05) is 11.6 Å². The summed E-state index contributed by atoms with van der Waals surface area (Å²) in [6.07, 6.45) is 2.93. The molecule has 1 heterocycles. The van der Waals surface area contributed by atoms with E-state index in [-0.39, 0.29) is 0 Å². The summed E-state index contributed by atoms with van der Waals surface area (Å²) in [5.41, 5.74) is -0.464. The largest absolute Gasteiger partial charge is 0.444 e. The van der Waals surface area contributed by atoms with Crippen LogP contribution in [0.25, 0.3) is 0 Å². The molecule has 0 spiro atoms. The predicted octanol–water partition coefficient (Wildman–Crippen LogP) is 3.35. The van der Waals surface area contributed by atoms with Crippen molar-refractivity contribution in [3.63, 3.8) is 0 Å². The van der Waals surface area contributed by atoms with E-state index in [1.165, 1.54) is 0 Å². The predicted molar refractivity (Wildman–Crippen MR) is 74.2 cm³/mol. The second-order valence-electron chi connectivity index (χ2n) is 4.62. The van der Waals surface area contributed by atoms with Gasteiger partial charge in [0.2, 0.25) is 0 Å². The molecule has 18 heavy (non-hydrogen) atoms. The van der Waals surface area contributed by atoms with E-state index in [9.17, 15) is 4.79 Å². The minimum absolute atomic E-state index is 0.396. The van der Waals surface area contributed by atoms with Gasteiger partial charge in [-0.2, -0.15) is 0 Å². The first kappa shape index (κ1) is 15.1. The Morgan fingerprint density at radius 1 is 1.50 bits per heavy atom. The van der Waals surface area contributed by atoms with Crippen molar-refractivity contribution in [3.8, 4) is 0 Å². The Labute approximate surface area is 116 Å². The van der Waals surface area contributed by atoms with E-state index in [0.29, 0.717) is 11.6 Å². The molecular formula is C12H17ClN2O2S. The molecule has 0 atom stereocenters. The third-order valence-electron chi connectivity index (χ3n) is 1.72. The second-order valence-corrected chi connectivity index (χ2v) is 6.22. The average Bonchev–Trinajstić information content (AvgIpc) is 2.22. The van der Waals surface area contributed by atoms with E-state index in [1.807, 2.05) is 26.8 Å². The van der Waals surface area contributed by atoms with Gasteiger partial charge >= 0.3 is 6.09 Å². The van der Waals surface area contributed by atoms with Crippen LogP contribution in [0, 0.1) is 0 Å². The van der Waals surface area contributed by atoms with Crippen LogP contribution in [0.1, 0.15) is 20.8 Å². The van der Waals surface area contributed by atoms with Gasteiger partial charge in [-0.05, 0) is 26.8 Å². The Balaban J connectivity index is 2.21. The van der Waals surface area contributed by atoms with Crippen LogP contribution in [0.5, 0.6) is 0 Å². The molecule has 100 valence electrons. The molecule has 0 unspecified atom stereocenters. The Morgan fingerprint density at radius 3 is 2.83 bits per heavy atom. The molecule has 4 nitrogen and oxygen atoms in total. The van der Waals surface area contributed by atoms with Crippen molar-refractivity contribution in [1.29, 1.82) is 0 Å². The lowest BCUT2D eigenvalue weighted by atomic mass is 10.2. The number of hydrogen-bond acceptors (Lipinski definition) is 4. The zero-order valence-electron chi connectivity index (χ0n) is 10.7. The number of amides is 1. The van der Waals surface area contributed by atoms with Crippen LogP contribution in [-0.4, -0.2) is 29.0 Å². The number of thioether (sulfide) groups is 1. The van der Waals surface area contributed by atoms with Crippen molar-refractivity contribution >= 4 is 29.5 Å². The number of halogens is 1. The summed E-state index contributed by atoms with van der Waals surface area (Å²) in [7, 11) is 0. The topological polar surface area (TPSA) is 51.2 Å². The summed E-state index contributed by atoms with van der Waals surface area (Å²) in [4.78, 5) is 16.3. The molecule has 1 amide bonds. The van der Waals surface area contributed by atoms with Crippen LogP contribution in [0.3, 0.4) is 0 Å². The second kappa shape index (κ2) is 6.85. The monoisotopic (exact) mass is 288 g/mol. The molecule has 0 aliphatic heterocycles. The molecule has 0 aromatic carbocycles. The van der Waals surface area contributed by atoms with Gasteiger partial charge in [-0.25, -0.2) is 4.79 Å². The maximum atomic E-state index is 11.3. The Kier molecular flexibility index (Phi) is 5.75. The maximum Gasteiger partial charge on any atom is 0.407 e. The number of ether oxygens (including phenoxy) is 1. The SMILES string of the molecule is CC(C)(C)OC(=O)NCCSc1cncc(Cl)c1. The number of pyridine rings is 1. The van der Waals surface area contributed by atoms with Gasteiger partial charge in [0.05, 0.1) is 5.02 Å². The maximum absolute atomic E-state index is 11.3. The lowest BCUT2D eigenvalue weighted by Crippen LogP contribution is -2.33. The van der Waals surface area contributed by atoms with E-state index in [2.05, 4.69) is 10.3 Å². The molecule has 1 aromatic rings. The van der Waals surface area contributed by atoms with E-state index < -0.39 is 11.7 Å². The van der Waals surface area contributed by atoms with Crippen LogP contribution >= 0.6 is 23.4 Å². The summed E-state index contributed by atoms with van der Waals surface area (Å²) >= 11 is 7.39. The fourth-order valence-electron chi connectivity index (χ4n) is 1.11. The highest BCUT2D eigenvalue weighted by Crippen LogP contribution is 2.19. The van der Waals surface area contributed by atoms with Crippen molar-refractivity contribution in [2.24, 2.45) is 0 Å². The van der Waals surface area contributed by atoms with Gasteiger partial charge in [-0.15, -0.1) is 11.8 Å². The Bertz CT molecular complexity index is 407. The first-order valence-corrected chi connectivity index (χ1v) is 6.93. The molecule has 0 radical (unpaired) electrons. The quantitative estimate of drug-likeness (QED) is 0.682. The van der Waals surface area contributed by atoms with Gasteiger partial charge in [0.25, 0.3) is 0 Å². The third kappa shape index (κ3) is 6.71. The molecule has 0 aliphatic rings. The molecule has 0 bridgehead atoms. The number of nitrogens with zero attached hydrogens (tertiary/aromatic N) is 1. The van der Waals surface area contributed by atoms with Gasteiger partial charge in [-0.3, -0.25) is 4.98 Å². The van der Waals surface area contributed by atoms with Crippen LogP contribution < -0.4 is 5.32 Å². The summed E-state index contributed by atoms with van der Waals surface area (Å²) in [5.74, 6) is 0.737. The zero-order chi connectivity index (χ0) is 13.6. The fraction of sp³-hybridized carbons (Fsp3) is 0.500. The van der Waals surface area contributed by atoms with Crippen molar-refractivity contribution in [2.45, 2.75) is 31.3 Å². The van der Waals surface area contributed by atoms with Crippen LogP contribution in [-0.2, 0) is 4.74 Å². The number of carbonyl (C=O) groups excluding carboxylic acids is 1. The van der Waals surface area contributed by atoms with Crippen molar-refractivity contribution in [1.82, 2.24) is 10.3 Å². The van der Waals surface area contributed by atoms with Crippen molar-refractivity contribution in [2.75, 3.05) is 12.3 Å². The first-order chi connectivity index (χ1) is 8.37. The van der Waals surface area contributed by atoms with Crippen LogP contribution in [0.2, 0.25) is 5.02 Å². The summed E-state index contributed by atoms with van der Waals surface area (Å²) in [5, 5.41) is 3.30. The molecule has 0 saturated carbocycles. The fourth-order valence-corrected chi connectivity index (χ4v) is 2.13. The number of hydrogen-bond donors (Lipinski definition) is 1. The Hall–Kier alpha value is -0.940. The van der Waals surface area contributed by atoms with E-state index >= 15 is 0 Å². The summed E-state index contributed by atoms with van der Waals surface area (Å²) in [6, 6.07) is 1.84. The highest BCUT2D eigenvalue weighted by molar-refractivity contribution is 7.99. The molecule has 1 aromatic heterocycles. The first-order valence-electron chi connectivity index (χ1n) is 5.57. The lowest BCUT2D eigenvalue weighted by Gasteiger charge is -2.19. The van der Waals surface area contributed by atoms with E-state index in [4.69, 9.17) is 16.3 Å². The summed E-state index contributed by atoms with van der Waals surface area (Å²) in [6.45, 7) is 6.03. The number of carbonyl (C=O) groups is 1. The highest BCUT2D eigenvalue weighted by Gasteiger charge is 2.15. The van der Waals surface area contributed by atoms with Crippen molar-refractivity contribution in [3.05, 3.63) is 23.5 Å². The standard InChI is InChI=1S/C12H17ClN2O2S/c1-12(2,3)17-11(16)15-4-5-18-10-6-9(13)7-14-8-10/h6-8H,4-5H2,1-3H3,(H,15,16). The normalized spacial score (nSPS) is 11.1. The number of alkyl carbamates (subject to hydrolysis) is 1. The van der Waals surface area contributed by atoms with Gasteiger partial charge in [0.15, 0.2) is 0 Å². The number of rotatable bonds is 4. The Morgan fingerprint density at radius 2 is 2.22 bits per heavy atom. The molecule has 1 rings (SSSR count). The number of nitrogens with one attached hydrogen (secondary N) is 1. The van der Waals surface area contributed by atoms with E-state index in [0.717, 1.165) is 10.6 Å². The zero-order valence-corrected chi connectivity index (χ0v) is 12.3. The minimum atomic E-state index is -0.464. The molecule has 6 heteroatoms. The lowest BCUT2D eigenvalue weighted by molar-refractivity contribution is 0.0531. The van der Waals surface area contributed by atoms with Gasteiger partial charge < -0.3 is 10.1 Å². The van der Waals surface area contributed by atoms with Crippen LogP contribution in [0.4, 0.5) is 4.79 Å². The third-order valence-corrected chi connectivity index (χ3v) is 2.89.